The fourth-order valence-electron chi connectivity index (χ4n) is 1.56. The summed E-state index contributed by atoms with van der Waals surface area (Å²) in [4.78, 5) is 6.57. The van der Waals surface area contributed by atoms with E-state index in [1.807, 2.05) is 51.0 Å². The van der Waals surface area contributed by atoms with Crippen LogP contribution in [0.5, 0.6) is 0 Å². The van der Waals surface area contributed by atoms with Gasteiger partial charge in [0.2, 0.25) is 0 Å². The molecule has 0 aromatic heterocycles. The highest BCUT2D eigenvalue weighted by molar-refractivity contribution is 5.79. The van der Waals surface area contributed by atoms with Crippen molar-refractivity contribution in [1.82, 2.24) is 10.2 Å². The summed E-state index contributed by atoms with van der Waals surface area (Å²) < 4.78 is 5.50. The first-order valence-electron chi connectivity index (χ1n) is 6.70. The summed E-state index contributed by atoms with van der Waals surface area (Å²) in [7, 11) is 3.97. The van der Waals surface area contributed by atoms with Crippen molar-refractivity contribution in [3.05, 3.63) is 35.9 Å². The zero-order valence-corrected chi connectivity index (χ0v) is 12.4. The Labute approximate surface area is 116 Å². The molecule has 0 bridgehead atoms. The first-order chi connectivity index (χ1) is 9.09. The fourth-order valence-corrected chi connectivity index (χ4v) is 1.56. The maximum atomic E-state index is 5.50. The Bertz CT molecular complexity index is 374. The lowest BCUT2D eigenvalue weighted by Gasteiger charge is -2.18. The zero-order valence-electron chi connectivity index (χ0n) is 12.4. The first-order valence-corrected chi connectivity index (χ1v) is 6.70. The molecule has 1 aromatic carbocycles. The van der Waals surface area contributed by atoms with Gasteiger partial charge in [0.05, 0.1) is 19.3 Å². The first kappa shape index (κ1) is 15.5. The number of guanidine groups is 1. The Kier molecular flexibility index (Phi) is 6.97. The third-order valence-corrected chi connectivity index (χ3v) is 2.51. The number of ether oxygens (including phenoxy) is 1. The average Bonchev–Trinajstić information content (AvgIpc) is 2.38. The van der Waals surface area contributed by atoms with Crippen LogP contribution in [0.1, 0.15) is 19.4 Å². The molecule has 0 aliphatic rings. The van der Waals surface area contributed by atoms with Crippen molar-refractivity contribution in [1.29, 1.82) is 0 Å². The predicted octanol–water partition coefficient (Wildman–Crippen LogP) is 2.12. The van der Waals surface area contributed by atoms with Gasteiger partial charge in [0.1, 0.15) is 0 Å². The molecule has 0 unspecified atom stereocenters. The lowest BCUT2D eigenvalue weighted by molar-refractivity contribution is 0.0827. The van der Waals surface area contributed by atoms with Gasteiger partial charge in [-0.3, -0.25) is 0 Å². The van der Waals surface area contributed by atoms with Crippen molar-refractivity contribution in [2.24, 2.45) is 4.99 Å². The minimum Gasteiger partial charge on any atom is -0.377 e. The van der Waals surface area contributed by atoms with Gasteiger partial charge in [0.25, 0.3) is 0 Å². The van der Waals surface area contributed by atoms with Crippen molar-refractivity contribution in [3.8, 4) is 0 Å². The molecule has 19 heavy (non-hydrogen) atoms. The largest absolute Gasteiger partial charge is 0.377 e. The fraction of sp³-hybridized carbons (Fsp3) is 0.533. The van der Waals surface area contributed by atoms with Gasteiger partial charge in [-0.2, -0.15) is 0 Å². The summed E-state index contributed by atoms with van der Waals surface area (Å²) in [5.74, 6) is 0.885. The number of nitrogens with one attached hydrogen (secondary N) is 1. The third kappa shape index (κ3) is 6.82. The van der Waals surface area contributed by atoms with E-state index in [-0.39, 0.29) is 6.10 Å². The third-order valence-electron chi connectivity index (χ3n) is 2.51. The maximum absolute atomic E-state index is 5.50. The molecule has 0 aliphatic carbocycles. The molecule has 106 valence electrons. The number of benzene rings is 1. The van der Waals surface area contributed by atoms with Gasteiger partial charge in [-0.1, -0.05) is 30.3 Å². The predicted molar refractivity (Wildman–Crippen MR) is 80.4 cm³/mol. The van der Waals surface area contributed by atoms with E-state index < -0.39 is 0 Å². The van der Waals surface area contributed by atoms with Crippen LogP contribution in [-0.2, 0) is 11.3 Å². The molecule has 1 N–H and O–H groups in total. The van der Waals surface area contributed by atoms with Crippen LogP contribution in [0.3, 0.4) is 0 Å². The molecule has 0 amide bonds. The monoisotopic (exact) mass is 263 g/mol. The second-order valence-electron chi connectivity index (χ2n) is 4.87. The van der Waals surface area contributed by atoms with Gasteiger partial charge < -0.3 is 15.0 Å². The van der Waals surface area contributed by atoms with Gasteiger partial charge in [0, 0.05) is 20.6 Å². The Morgan fingerprint density at radius 1 is 1.26 bits per heavy atom. The molecule has 4 nitrogen and oxygen atoms in total. The molecule has 1 rings (SSSR count). The molecule has 0 atom stereocenters. The SMILES string of the molecule is CC(C)OCCNC(=NCc1ccccc1)N(C)C. The van der Waals surface area contributed by atoms with Crippen LogP contribution in [0.25, 0.3) is 0 Å². The molecule has 0 radical (unpaired) electrons. The van der Waals surface area contributed by atoms with E-state index >= 15 is 0 Å². The van der Waals surface area contributed by atoms with Gasteiger partial charge >= 0.3 is 0 Å². The number of hydrogen-bond donors (Lipinski definition) is 1. The van der Waals surface area contributed by atoms with Crippen molar-refractivity contribution >= 4 is 5.96 Å². The van der Waals surface area contributed by atoms with Crippen LogP contribution in [0.15, 0.2) is 35.3 Å². The van der Waals surface area contributed by atoms with Crippen LogP contribution in [-0.4, -0.2) is 44.2 Å². The van der Waals surface area contributed by atoms with E-state index in [2.05, 4.69) is 22.4 Å². The molecule has 1 aromatic rings. The van der Waals surface area contributed by atoms with Crippen molar-refractivity contribution in [2.45, 2.75) is 26.5 Å². The van der Waals surface area contributed by atoms with E-state index in [9.17, 15) is 0 Å². The lowest BCUT2D eigenvalue weighted by Crippen LogP contribution is -2.38. The van der Waals surface area contributed by atoms with Crippen LogP contribution < -0.4 is 5.32 Å². The number of rotatable bonds is 6. The van der Waals surface area contributed by atoms with Gasteiger partial charge in [-0.25, -0.2) is 4.99 Å². The Morgan fingerprint density at radius 3 is 2.53 bits per heavy atom. The van der Waals surface area contributed by atoms with Gasteiger partial charge in [-0.05, 0) is 19.4 Å². The lowest BCUT2D eigenvalue weighted by atomic mass is 10.2. The van der Waals surface area contributed by atoms with Crippen LogP contribution in [0.4, 0.5) is 0 Å². The van der Waals surface area contributed by atoms with E-state index in [0.717, 1.165) is 12.5 Å². The smallest absolute Gasteiger partial charge is 0.193 e. The summed E-state index contributed by atoms with van der Waals surface area (Å²) in [5.41, 5.74) is 1.21. The highest BCUT2D eigenvalue weighted by Gasteiger charge is 2.01. The maximum Gasteiger partial charge on any atom is 0.193 e. The minimum atomic E-state index is 0.269. The molecule has 0 fully saturated rings. The second-order valence-corrected chi connectivity index (χ2v) is 4.87. The molecule has 0 aliphatic heterocycles. The van der Waals surface area contributed by atoms with Crippen molar-refractivity contribution in [2.75, 3.05) is 27.2 Å². The average molecular weight is 263 g/mol. The van der Waals surface area contributed by atoms with E-state index in [1.165, 1.54) is 5.56 Å². The summed E-state index contributed by atoms with van der Waals surface area (Å²) in [6.07, 6.45) is 0.269. The Morgan fingerprint density at radius 2 is 1.95 bits per heavy atom. The number of hydrogen-bond acceptors (Lipinski definition) is 2. The van der Waals surface area contributed by atoms with Crippen molar-refractivity contribution < 1.29 is 4.74 Å². The summed E-state index contributed by atoms with van der Waals surface area (Å²) in [6.45, 7) is 6.22. The Balaban J connectivity index is 2.43. The highest BCUT2D eigenvalue weighted by Crippen LogP contribution is 2.00. The molecule has 4 heteroatoms. The topological polar surface area (TPSA) is 36.9 Å². The second kappa shape index (κ2) is 8.53. The number of nitrogens with zero attached hydrogens (tertiary/aromatic N) is 2. The van der Waals surface area contributed by atoms with E-state index in [1.54, 1.807) is 0 Å². The van der Waals surface area contributed by atoms with Crippen molar-refractivity contribution in [3.63, 3.8) is 0 Å². The van der Waals surface area contributed by atoms with E-state index in [4.69, 9.17) is 4.74 Å². The quantitative estimate of drug-likeness (QED) is 0.485. The Hall–Kier alpha value is -1.55. The molecule has 0 heterocycles. The summed E-state index contributed by atoms with van der Waals surface area (Å²) in [6, 6.07) is 10.2. The molecule has 0 saturated heterocycles. The van der Waals surface area contributed by atoms with Gasteiger partial charge in [0.15, 0.2) is 5.96 Å². The molecular formula is C15H25N3O. The molecule has 0 saturated carbocycles. The molecule has 0 spiro atoms. The highest BCUT2D eigenvalue weighted by atomic mass is 16.5. The van der Waals surface area contributed by atoms with Crippen LogP contribution in [0, 0.1) is 0 Å². The van der Waals surface area contributed by atoms with Crippen LogP contribution in [0.2, 0.25) is 0 Å². The minimum absolute atomic E-state index is 0.269. The number of aliphatic imine (C=N–C) groups is 1. The zero-order chi connectivity index (χ0) is 14.1. The van der Waals surface area contributed by atoms with E-state index in [0.29, 0.717) is 13.2 Å². The molecular weight excluding hydrogens is 238 g/mol. The van der Waals surface area contributed by atoms with Crippen LogP contribution >= 0.6 is 0 Å². The normalized spacial score (nSPS) is 11.7. The standard InChI is InChI=1S/C15H25N3O/c1-13(2)19-11-10-16-15(18(3)4)17-12-14-8-6-5-7-9-14/h5-9,13H,10-12H2,1-4H3,(H,16,17). The summed E-state index contributed by atoms with van der Waals surface area (Å²) in [5, 5.41) is 3.30. The van der Waals surface area contributed by atoms with Gasteiger partial charge in [-0.15, -0.1) is 0 Å². The summed E-state index contributed by atoms with van der Waals surface area (Å²) >= 11 is 0.